The Morgan fingerprint density at radius 3 is 2.29 bits per heavy atom. The van der Waals surface area contributed by atoms with Gasteiger partial charge in [0.2, 0.25) is 0 Å². The molecule has 4 atom stereocenters. The van der Waals surface area contributed by atoms with Crippen molar-refractivity contribution in [1.29, 1.82) is 0 Å². The van der Waals surface area contributed by atoms with Crippen molar-refractivity contribution in [3.63, 3.8) is 0 Å². The minimum Gasteiger partial charge on any atom is -0.391 e. The van der Waals surface area contributed by atoms with E-state index in [2.05, 4.69) is 51.8 Å². The highest BCUT2D eigenvalue weighted by molar-refractivity contribution is 14.1. The first-order valence-corrected chi connectivity index (χ1v) is 11.0. The van der Waals surface area contributed by atoms with Crippen molar-refractivity contribution >= 4 is 22.6 Å². The number of benzene rings is 1. The van der Waals surface area contributed by atoms with Gasteiger partial charge in [0.05, 0.1) is 6.10 Å². The predicted molar refractivity (Wildman–Crippen MR) is 107 cm³/mol. The van der Waals surface area contributed by atoms with Gasteiger partial charge in [0, 0.05) is 9.61 Å². The summed E-state index contributed by atoms with van der Waals surface area (Å²) in [6, 6.07) is 9.29. The van der Waals surface area contributed by atoms with Gasteiger partial charge in [-0.1, -0.05) is 43.9 Å². The van der Waals surface area contributed by atoms with E-state index < -0.39 is 0 Å². The molecule has 3 heteroatoms. The minimum absolute atomic E-state index is 0.0854. The molecule has 0 radical (unpaired) electrons. The molecule has 1 heterocycles. The zero-order valence-corrected chi connectivity index (χ0v) is 16.7. The largest absolute Gasteiger partial charge is 0.391 e. The number of hydrogen-bond donors (Lipinski definition) is 1. The SMILES string of the molecule is O[C@H]1C[C@@H]2CCCC[C@H]2C[C@@H]1N1CCC(c2ccccc2I)CC1. The Morgan fingerprint density at radius 1 is 0.917 bits per heavy atom. The van der Waals surface area contributed by atoms with Gasteiger partial charge >= 0.3 is 0 Å². The third-order valence-electron chi connectivity index (χ3n) is 6.94. The van der Waals surface area contributed by atoms with Crippen LogP contribution in [0.15, 0.2) is 24.3 Å². The Kier molecular flexibility index (Phi) is 5.50. The highest BCUT2D eigenvalue weighted by atomic mass is 127. The maximum Gasteiger partial charge on any atom is 0.0698 e. The smallest absolute Gasteiger partial charge is 0.0698 e. The van der Waals surface area contributed by atoms with E-state index in [9.17, 15) is 5.11 Å². The average Bonchev–Trinajstić information content (AvgIpc) is 2.62. The van der Waals surface area contributed by atoms with E-state index in [1.54, 1.807) is 0 Å². The van der Waals surface area contributed by atoms with Gasteiger partial charge in [0.25, 0.3) is 0 Å². The molecule has 1 aromatic carbocycles. The van der Waals surface area contributed by atoms with E-state index in [0.29, 0.717) is 12.0 Å². The Morgan fingerprint density at radius 2 is 1.58 bits per heavy atom. The second-order valence-electron chi connectivity index (χ2n) is 8.24. The first-order chi connectivity index (χ1) is 11.7. The number of aliphatic hydroxyl groups excluding tert-OH is 1. The molecule has 0 aromatic heterocycles. The summed E-state index contributed by atoms with van der Waals surface area (Å²) in [5, 5.41) is 10.7. The van der Waals surface area contributed by atoms with Crippen LogP contribution < -0.4 is 0 Å². The molecule has 2 aliphatic carbocycles. The third-order valence-corrected chi connectivity index (χ3v) is 7.93. The average molecular weight is 439 g/mol. The maximum absolute atomic E-state index is 10.7. The van der Waals surface area contributed by atoms with Crippen LogP contribution in [0.1, 0.15) is 62.8 Å². The summed E-state index contributed by atoms with van der Waals surface area (Å²) in [6.45, 7) is 2.32. The fraction of sp³-hybridized carbons (Fsp3) is 0.714. The molecule has 132 valence electrons. The number of halogens is 1. The van der Waals surface area contributed by atoms with Crippen LogP contribution in [0.3, 0.4) is 0 Å². The van der Waals surface area contributed by atoms with Gasteiger partial charge in [0.15, 0.2) is 0 Å². The predicted octanol–water partition coefficient (Wildman–Crippen LogP) is 4.80. The Hall–Kier alpha value is -0.130. The van der Waals surface area contributed by atoms with Crippen molar-refractivity contribution < 1.29 is 5.11 Å². The Balaban J connectivity index is 1.38. The molecule has 0 unspecified atom stereocenters. The topological polar surface area (TPSA) is 23.5 Å². The molecule has 2 saturated carbocycles. The van der Waals surface area contributed by atoms with Crippen molar-refractivity contribution in [3.05, 3.63) is 33.4 Å². The highest BCUT2D eigenvalue weighted by Crippen LogP contribution is 2.43. The Labute approximate surface area is 160 Å². The summed E-state index contributed by atoms with van der Waals surface area (Å²) in [7, 11) is 0. The quantitative estimate of drug-likeness (QED) is 0.670. The molecule has 1 N–H and O–H groups in total. The number of hydrogen-bond acceptors (Lipinski definition) is 2. The van der Waals surface area contributed by atoms with Crippen LogP contribution in [0, 0.1) is 15.4 Å². The number of nitrogens with zero attached hydrogens (tertiary/aromatic N) is 1. The van der Waals surface area contributed by atoms with Gasteiger partial charge in [-0.05, 0) is 90.7 Å². The summed E-state index contributed by atoms with van der Waals surface area (Å²) in [5.41, 5.74) is 1.54. The monoisotopic (exact) mass is 439 g/mol. The minimum atomic E-state index is -0.0854. The van der Waals surface area contributed by atoms with E-state index >= 15 is 0 Å². The summed E-state index contributed by atoms with van der Waals surface area (Å²) in [5.74, 6) is 2.41. The lowest BCUT2D eigenvalue weighted by Gasteiger charge is -2.47. The molecule has 0 bridgehead atoms. The number of likely N-dealkylation sites (tertiary alicyclic amines) is 1. The Bertz CT molecular complexity index is 555. The van der Waals surface area contributed by atoms with E-state index in [4.69, 9.17) is 0 Å². The number of piperidine rings is 1. The van der Waals surface area contributed by atoms with Crippen molar-refractivity contribution in [1.82, 2.24) is 4.90 Å². The lowest BCUT2D eigenvalue weighted by atomic mass is 9.68. The van der Waals surface area contributed by atoms with Gasteiger partial charge < -0.3 is 5.11 Å². The fourth-order valence-electron chi connectivity index (χ4n) is 5.58. The van der Waals surface area contributed by atoms with E-state index in [1.165, 1.54) is 54.1 Å². The van der Waals surface area contributed by atoms with Crippen LogP contribution in [0.2, 0.25) is 0 Å². The molecule has 4 rings (SSSR count). The molecular weight excluding hydrogens is 409 g/mol. The van der Waals surface area contributed by atoms with Gasteiger partial charge in [-0.3, -0.25) is 4.90 Å². The molecule has 3 aliphatic rings. The zero-order valence-electron chi connectivity index (χ0n) is 14.5. The molecule has 0 amide bonds. The lowest BCUT2D eigenvalue weighted by molar-refractivity contribution is -0.0386. The molecule has 0 spiro atoms. The summed E-state index contributed by atoms with van der Waals surface area (Å²) in [4.78, 5) is 2.63. The van der Waals surface area contributed by atoms with Gasteiger partial charge in [0.1, 0.15) is 0 Å². The van der Waals surface area contributed by atoms with Crippen LogP contribution in [0.4, 0.5) is 0 Å². The van der Waals surface area contributed by atoms with Crippen LogP contribution in [-0.2, 0) is 0 Å². The van der Waals surface area contributed by atoms with Crippen molar-refractivity contribution in [2.24, 2.45) is 11.8 Å². The lowest BCUT2D eigenvalue weighted by Crippen LogP contribution is -2.52. The van der Waals surface area contributed by atoms with Crippen LogP contribution >= 0.6 is 22.6 Å². The first kappa shape index (κ1) is 17.3. The maximum atomic E-state index is 10.7. The van der Waals surface area contributed by atoms with Crippen LogP contribution in [0.25, 0.3) is 0 Å². The van der Waals surface area contributed by atoms with Crippen LogP contribution in [-0.4, -0.2) is 35.2 Å². The number of fused-ring (bicyclic) bond motifs is 1. The van der Waals surface area contributed by atoms with E-state index in [1.807, 2.05) is 0 Å². The normalized spacial score (nSPS) is 35.6. The van der Waals surface area contributed by atoms with E-state index in [-0.39, 0.29) is 6.10 Å². The second-order valence-corrected chi connectivity index (χ2v) is 9.40. The molecule has 1 aliphatic heterocycles. The van der Waals surface area contributed by atoms with Gasteiger partial charge in [-0.2, -0.15) is 0 Å². The van der Waals surface area contributed by atoms with Gasteiger partial charge in [-0.15, -0.1) is 0 Å². The number of rotatable bonds is 2. The first-order valence-electron chi connectivity index (χ1n) is 9.89. The van der Waals surface area contributed by atoms with Crippen molar-refractivity contribution in [2.45, 2.75) is 69.4 Å². The van der Waals surface area contributed by atoms with Crippen molar-refractivity contribution in [3.8, 4) is 0 Å². The zero-order chi connectivity index (χ0) is 16.5. The molecular formula is C21H30INO. The number of aliphatic hydroxyl groups is 1. The molecule has 1 saturated heterocycles. The summed E-state index contributed by atoms with van der Waals surface area (Å²) in [6.07, 6.45) is 10.3. The standard InChI is InChI=1S/C21H30INO/c22-19-8-4-3-7-18(19)15-9-11-23(12-10-15)20-13-16-5-1-2-6-17(16)14-21(20)24/h3-4,7-8,15-17,20-21,24H,1-2,5-6,9-14H2/t16-,17-,20-,21-/m0/s1. The second kappa shape index (κ2) is 7.63. The summed E-state index contributed by atoms with van der Waals surface area (Å²) >= 11 is 2.48. The molecule has 3 fully saturated rings. The fourth-order valence-corrected chi connectivity index (χ4v) is 6.41. The molecule has 1 aromatic rings. The van der Waals surface area contributed by atoms with Crippen LogP contribution in [0.5, 0.6) is 0 Å². The third kappa shape index (κ3) is 3.54. The van der Waals surface area contributed by atoms with Gasteiger partial charge in [-0.25, -0.2) is 0 Å². The molecule has 24 heavy (non-hydrogen) atoms. The highest BCUT2D eigenvalue weighted by Gasteiger charge is 2.40. The van der Waals surface area contributed by atoms with E-state index in [0.717, 1.165) is 31.3 Å². The summed E-state index contributed by atoms with van der Waals surface area (Å²) < 4.78 is 1.41. The molecule has 2 nitrogen and oxygen atoms in total. The van der Waals surface area contributed by atoms with Crippen molar-refractivity contribution in [2.75, 3.05) is 13.1 Å².